The Kier molecular flexibility index (Phi) is 5.87. The number of methoxy groups -OCH3 is 2. The highest BCUT2D eigenvalue weighted by molar-refractivity contribution is 6.39. The summed E-state index contributed by atoms with van der Waals surface area (Å²) in [4.78, 5) is 26.9. The number of ether oxygens (including phenoxy) is 2. The molecule has 0 atom stereocenters. The Morgan fingerprint density at radius 2 is 1.68 bits per heavy atom. The van der Waals surface area contributed by atoms with E-state index in [4.69, 9.17) is 9.47 Å². The van der Waals surface area contributed by atoms with E-state index in [2.05, 4.69) is 19.2 Å². The Morgan fingerprint density at radius 3 is 2.32 bits per heavy atom. The molecule has 2 aromatic carbocycles. The van der Waals surface area contributed by atoms with Crippen LogP contribution < -0.4 is 14.8 Å². The number of nitrogens with one attached hydrogen (secondary N) is 1. The minimum Gasteiger partial charge on any atom is -0.493 e. The molecular weight excluding hydrogens is 356 g/mol. The second kappa shape index (κ2) is 8.33. The van der Waals surface area contributed by atoms with Crippen molar-refractivity contribution in [1.29, 1.82) is 0 Å². The number of para-hydroxylation sites is 1. The molecule has 0 aromatic heterocycles. The van der Waals surface area contributed by atoms with Crippen molar-refractivity contribution < 1.29 is 19.1 Å². The predicted molar refractivity (Wildman–Crippen MR) is 108 cm³/mol. The van der Waals surface area contributed by atoms with Crippen LogP contribution in [0.5, 0.6) is 11.5 Å². The van der Waals surface area contributed by atoms with Gasteiger partial charge in [-0.25, -0.2) is 0 Å². The van der Waals surface area contributed by atoms with Crippen LogP contribution in [0.2, 0.25) is 0 Å². The van der Waals surface area contributed by atoms with E-state index in [1.54, 1.807) is 19.1 Å². The van der Waals surface area contributed by atoms with E-state index < -0.39 is 11.8 Å². The van der Waals surface area contributed by atoms with E-state index in [-0.39, 0.29) is 5.92 Å². The number of hydrogen-bond donors (Lipinski definition) is 1. The highest BCUT2D eigenvalue weighted by Crippen LogP contribution is 2.33. The standard InChI is InChI=1S/C22H26N2O4/c1-14(2)17-7-5-6-8-18(17)23-21(25)22(26)24-10-9-15-11-19(27-3)20(28-4)12-16(15)13-24/h5-8,11-12,14H,9-10,13H2,1-4H3,(H,23,25). The summed E-state index contributed by atoms with van der Waals surface area (Å²) in [5.41, 5.74) is 3.75. The quantitative estimate of drug-likeness (QED) is 0.824. The molecule has 28 heavy (non-hydrogen) atoms. The van der Waals surface area contributed by atoms with Gasteiger partial charge < -0.3 is 19.7 Å². The molecule has 1 aliphatic heterocycles. The predicted octanol–water partition coefficient (Wildman–Crippen LogP) is 3.35. The van der Waals surface area contributed by atoms with Crippen molar-refractivity contribution in [3.05, 3.63) is 53.1 Å². The van der Waals surface area contributed by atoms with E-state index in [1.807, 2.05) is 36.4 Å². The number of hydrogen-bond acceptors (Lipinski definition) is 4. The lowest BCUT2D eigenvalue weighted by atomic mass is 9.98. The number of nitrogens with zero attached hydrogens (tertiary/aromatic N) is 1. The third-order valence-electron chi connectivity index (χ3n) is 5.03. The Balaban J connectivity index is 1.75. The van der Waals surface area contributed by atoms with Crippen LogP contribution in [-0.2, 0) is 22.6 Å². The average Bonchev–Trinajstić information content (AvgIpc) is 2.71. The molecule has 0 spiro atoms. The first-order valence-electron chi connectivity index (χ1n) is 9.37. The van der Waals surface area contributed by atoms with Gasteiger partial charge in [0, 0.05) is 18.8 Å². The van der Waals surface area contributed by atoms with Gasteiger partial charge in [-0.05, 0) is 47.2 Å². The number of carbonyl (C=O) groups is 2. The molecule has 0 saturated heterocycles. The summed E-state index contributed by atoms with van der Waals surface area (Å²) >= 11 is 0. The zero-order chi connectivity index (χ0) is 20.3. The fourth-order valence-corrected chi connectivity index (χ4v) is 3.49. The number of fused-ring (bicyclic) bond motifs is 1. The molecule has 6 heteroatoms. The first-order valence-corrected chi connectivity index (χ1v) is 9.37. The lowest BCUT2D eigenvalue weighted by Gasteiger charge is -2.29. The summed E-state index contributed by atoms with van der Waals surface area (Å²) in [6.07, 6.45) is 0.664. The van der Waals surface area contributed by atoms with Gasteiger partial charge in [-0.1, -0.05) is 32.0 Å². The van der Waals surface area contributed by atoms with Gasteiger partial charge in [-0.3, -0.25) is 9.59 Å². The number of rotatable bonds is 4. The maximum atomic E-state index is 12.7. The fraction of sp³-hybridized carbons (Fsp3) is 0.364. The highest BCUT2D eigenvalue weighted by atomic mass is 16.5. The molecule has 0 radical (unpaired) electrons. The van der Waals surface area contributed by atoms with E-state index in [1.165, 1.54) is 0 Å². The summed E-state index contributed by atoms with van der Waals surface area (Å²) in [5, 5.41) is 2.78. The lowest BCUT2D eigenvalue weighted by molar-refractivity contribution is -0.143. The van der Waals surface area contributed by atoms with Crippen molar-refractivity contribution >= 4 is 17.5 Å². The van der Waals surface area contributed by atoms with Gasteiger partial charge in [0.15, 0.2) is 11.5 Å². The highest BCUT2D eigenvalue weighted by Gasteiger charge is 2.27. The molecule has 1 heterocycles. The van der Waals surface area contributed by atoms with Crippen LogP contribution in [0.15, 0.2) is 36.4 Å². The van der Waals surface area contributed by atoms with Gasteiger partial charge in [0.2, 0.25) is 0 Å². The van der Waals surface area contributed by atoms with E-state index in [9.17, 15) is 9.59 Å². The smallest absolute Gasteiger partial charge is 0.313 e. The van der Waals surface area contributed by atoms with Gasteiger partial charge in [0.05, 0.1) is 14.2 Å². The van der Waals surface area contributed by atoms with Crippen LogP contribution in [0.3, 0.4) is 0 Å². The molecule has 6 nitrogen and oxygen atoms in total. The average molecular weight is 382 g/mol. The Hall–Kier alpha value is -3.02. The van der Waals surface area contributed by atoms with Crippen molar-refractivity contribution in [1.82, 2.24) is 4.90 Å². The largest absolute Gasteiger partial charge is 0.493 e. The van der Waals surface area contributed by atoms with Crippen molar-refractivity contribution in [2.45, 2.75) is 32.7 Å². The molecule has 0 saturated carbocycles. The molecule has 0 unspecified atom stereocenters. The monoisotopic (exact) mass is 382 g/mol. The van der Waals surface area contributed by atoms with Crippen molar-refractivity contribution in [2.75, 3.05) is 26.1 Å². The van der Waals surface area contributed by atoms with Crippen molar-refractivity contribution in [3.8, 4) is 11.5 Å². The molecule has 0 fully saturated rings. The summed E-state index contributed by atoms with van der Waals surface area (Å²) in [5.74, 6) is 0.391. The molecule has 3 rings (SSSR count). The van der Waals surface area contributed by atoms with Crippen LogP contribution in [0.1, 0.15) is 36.5 Å². The molecular formula is C22H26N2O4. The second-order valence-electron chi connectivity index (χ2n) is 7.15. The Bertz CT molecular complexity index is 892. The summed E-state index contributed by atoms with van der Waals surface area (Å²) < 4.78 is 10.7. The van der Waals surface area contributed by atoms with Crippen molar-refractivity contribution in [2.24, 2.45) is 0 Å². The molecule has 0 bridgehead atoms. The molecule has 1 N–H and O–H groups in total. The molecule has 1 aliphatic rings. The van der Waals surface area contributed by atoms with Gasteiger partial charge >= 0.3 is 11.8 Å². The molecule has 2 amide bonds. The van der Waals surface area contributed by atoms with E-state index >= 15 is 0 Å². The molecule has 2 aromatic rings. The number of carbonyl (C=O) groups excluding carboxylic acids is 2. The van der Waals surface area contributed by atoms with Gasteiger partial charge in [-0.2, -0.15) is 0 Å². The maximum absolute atomic E-state index is 12.7. The molecule has 148 valence electrons. The Morgan fingerprint density at radius 1 is 1.04 bits per heavy atom. The van der Waals surface area contributed by atoms with E-state index in [0.29, 0.717) is 36.7 Å². The van der Waals surface area contributed by atoms with E-state index in [0.717, 1.165) is 16.7 Å². The summed E-state index contributed by atoms with van der Waals surface area (Å²) in [6, 6.07) is 11.4. The van der Waals surface area contributed by atoms with Crippen LogP contribution in [0.25, 0.3) is 0 Å². The zero-order valence-corrected chi connectivity index (χ0v) is 16.7. The Labute approximate surface area is 165 Å². The fourth-order valence-electron chi connectivity index (χ4n) is 3.49. The number of benzene rings is 2. The van der Waals surface area contributed by atoms with Crippen LogP contribution in [0.4, 0.5) is 5.69 Å². The summed E-state index contributed by atoms with van der Waals surface area (Å²) in [6.45, 7) is 4.96. The SMILES string of the molecule is COc1cc2c(cc1OC)CN(C(=O)C(=O)Nc1ccccc1C(C)C)CC2. The topological polar surface area (TPSA) is 67.9 Å². The minimum atomic E-state index is -0.614. The number of amides is 2. The third-order valence-corrected chi connectivity index (χ3v) is 5.03. The van der Waals surface area contributed by atoms with Crippen LogP contribution >= 0.6 is 0 Å². The first kappa shape index (κ1) is 19.7. The zero-order valence-electron chi connectivity index (χ0n) is 16.7. The van der Waals surface area contributed by atoms with Gasteiger partial charge in [0.25, 0.3) is 0 Å². The van der Waals surface area contributed by atoms with Crippen LogP contribution in [-0.4, -0.2) is 37.5 Å². The van der Waals surface area contributed by atoms with Gasteiger partial charge in [-0.15, -0.1) is 0 Å². The lowest BCUT2D eigenvalue weighted by Crippen LogP contribution is -2.42. The third kappa shape index (κ3) is 3.96. The van der Waals surface area contributed by atoms with Crippen molar-refractivity contribution in [3.63, 3.8) is 0 Å². The normalized spacial score (nSPS) is 13.1. The van der Waals surface area contributed by atoms with Gasteiger partial charge in [0.1, 0.15) is 0 Å². The maximum Gasteiger partial charge on any atom is 0.313 e. The number of anilines is 1. The molecule has 0 aliphatic carbocycles. The minimum absolute atomic E-state index is 0.246. The summed E-state index contributed by atoms with van der Waals surface area (Å²) in [7, 11) is 3.18. The second-order valence-corrected chi connectivity index (χ2v) is 7.15. The van der Waals surface area contributed by atoms with Crippen LogP contribution in [0, 0.1) is 0 Å². The first-order chi connectivity index (χ1) is 13.4.